The molecule has 3 aromatic rings. The average molecular weight is 251 g/mol. The van der Waals surface area contributed by atoms with E-state index in [9.17, 15) is 0 Å². The lowest BCUT2D eigenvalue weighted by atomic mass is 10.1. The predicted octanol–water partition coefficient (Wildman–Crippen LogP) is 3.11. The molecule has 0 atom stereocenters. The van der Waals surface area contributed by atoms with Gasteiger partial charge in [0.15, 0.2) is 0 Å². The van der Waals surface area contributed by atoms with Crippen molar-refractivity contribution in [3.05, 3.63) is 53.8 Å². The molecule has 3 rings (SSSR count). The molecule has 19 heavy (non-hydrogen) atoms. The van der Waals surface area contributed by atoms with Gasteiger partial charge in [0.1, 0.15) is 11.3 Å². The fraction of sp³-hybridized carbons (Fsp3) is 0.200. The molecule has 0 aliphatic heterocycles. The number of aryl methyl sites for hydroxylation is 1. The maximum absolute atomic E-state index is 8.98. The van der Waals surface area contributed by atoms with Crippen LogP contribution in [-0.2, 0) is 13.0 Å². The lowest BCUT2D eigenvalue weighted by Crippen LogP contribution is -1.97. The van der Waals surface area contributed by atoms with Gasteiger partial charge in [-0.05, 0) is 24.6 Å². The molecule has 4 heteroatoms. The molecule has 94 valence electrons. The molecule has 0 unspecified atom stereocenters. The number of fused-ring (bicyclic) bond motifs is 1. The van der Waals surface area contributed by atoms with Crippen LogP contribution in [0.3, 0.4) is 0 Å². The van der Waals surface area contributed by atoms with Crippen LogP contribution in [0.5, 0.6) is 0 Å². The Morgan fingerprint density at radius 2 is 2.32 bits per heavy atom. The highest BCUT2D eigenvalue weighted by Gasteiger charge is 2.13. The van der Waals surface area contributed by atoms with E-state index in [2.05, 4.69) is 18.0 Å². The molecule has 0 bridgehead atoms. The number of hydrogen-bond donors (Lipinski definition) is 0. The van der Waals surface area contributed by atoms with E-state index >= 15 is 0 Å². The highest BCUT2D eigenvalue weighted by Crippen LogP contribution is 2.28. The summed E-state index contributed by atoms with van der Waals surface area (Å²) in [5, 5.41) is 10.0. The highest BCUT2D eigenvalue weighted by molar-refractivity contribution is 5.83. The molecule has 0 aliphatic carbocycles. The zero-order valence-corrected chi connectivity index (χ0v) is 10.6. The SMILES string of the molecule is CCc1c(Cn2ccnc2)oc2ccc(C#N)cc12. The summed E-state index contributed by atoms with van der Waals surface area (Å²) in [5.41, 5.74) is 2.67. The van der Waals surface area contributed by atoms with Crippen molar-refractivity contribution in [3.63, 3.8) is 0 Å². The Balaban J connectivity index is 2.12. The van der Waals surface area contributed by atoms with Crippen molar-refractivity contribution >= 4 is 11.0 Å². The minimum atomic E-state index is 0.664. The first-order valence-corrected chi connectivity index (χ1v) is 6.22. The van der Waals surface area contributed by atoms with Gasteiger partial charge in [-0.25, -0.2) is 4.98 Å². The van der Waals surface area contributed by atoms with E-state index < -0.39 is 0 Å². The molecule has 1 aromatic carbocycles. The first-order chi connectivity index (χ1) is 9.31. The van der Waals surface area contributed by atoms with Gasteiger partial charge in [0.2, 0.25) is 0 Å². The summed E-state index contributed by atoms with van der Waals surface area (Å²) in [4.78, 5) is 4.03. The summed E-state index contributed by atoms with van der Waals surface area (Å²) in [6.45, 7) is 2.76. The number of aromatic nitrogens is 2. The van der Waals surface area contributed by atoms with Crippen LogP contribution in [0, 0.1) is 11.3 Å². The van der Waals surface area contributed by atoms with Crippen LogP contribution in [-0.4, -0.2) is 9.55 Å². The fourth-order valence-electron chi connectivity index (χ4n) is 2.33. The smallest absolute Gasteiger partial charge is 0.134 e. The van der Waals surface area contributed by atoms with Crippen molar-refractivity contribution in [1.29, 1.82) is 5.26 Å². The molecule has 0 aliphatic rings. The van der Waals surface area contributed by atoms with Gasteiger partial charge < -0.3 is 8.98 Å². The number of rotatable bonds is 3. The summed E-state index contributed by atoms with van der Waals surface area (Å²) >= 11 is 0. The topological polar surface area (TPSA) is 54.8 Å². The molecule has 0 amide bonds. The Bertz CT molecular complexity index is 748. The van der Waals surface area contributed by atoms with Crippen LogP contribution in [0.4, 0.5) is 0 Å². The van der Waals surface area contributed by atoms with Crippen molar-refractivity contribution < 1.29 is 4.42 Å². The molecule has 0 saturated heterocycles. The van der Waals surface area contributed by atoms with Gasteiger partial charge in [-0.1, -0.05) is 6.92 Å². The summed E-state index contributed by atoms with van der Waals surface area (Å²) in [6.07, 6.45) is 6.31. The summed E-state index contributed by atoms with van der Waals surface area (Å²) in [5.74, 6) is 0.936. The molecule has 0 saturated carbocycles. The van der Waals surface area contributed by atoms with Crippen LogP contribution >= 0.6 is 0 Å². The van der Waals surface area contributed by atoms with Gasteiger partial charge in [0.25, 0.3) is 0 Å². The molecule has 2 aromatic heterocycles. The van der Waals surface area contributed by atoms with E-state index in [1.807, 2.05) is 22.9 Å². The molecular weight excluding hydrogens is 238 g/mol. The van der Waals surface area contributed by atoms with E-state index in [0.29, 0.717) is 12.1 Å². The monoisotopic (exact) mass is 251 g/mol. The third-order valence-electron chi connectivity index (χ3n) is 3.24. The van der Waals surface area contributed by atoms with Crippen molar-refractivity contribution in [2.75, 3.05) is 0 Å². The van der Waals surface area contributed by atoms with Crippen molar-refractivity contribution in [3.8, 4) is 6.07 Å². The van der Waals surface area contributed by atoms with E-state index in [-0.39, 0.29) is 0 Å². The maximum atomic E-state index is 8.98. The Hall–Kier alpha value is -2.54. The number of furan rings is 1. The van der Waals surface area contributed by atoms with Crippen molar-refractivity contribution in [2.45, 2.75) is 19.9 Å². The fourth-order valence-corrected chi connectivity index (χ4v) is 2.33. The average Bonchev–Trinajstić information content (AvgIpc) is 3.05. The predicted molar refractivity (Wildman–Crippen MR) is 71.6 cm³/mol. The minimum absolute atomic E-state index is 0.664. The molecule has 0 radical (unpaired) electrons. The number of imidazole rings is 1. The van der Waals surface area contributed by atoms with Gasteiger partial charge in [0.05, 0.1) is 24.5 Å². The van der Waals surface area contributed by atoms with Gasteiger partial charge in [-0.3, -0.25) is 0 Å². The minimum Gasteiger partial charge on any atom is -0.459 e. The van der Waals surface area contributed by atoms with Crippen molar-refractivity contribution in [2.24, 2.45) is 0 Å². The Morgan fingerprint density at radius 1 is 1.42 bits per heavy atom. The van der Waals surface area contributed by atoms with Crippen LogP contribution < -0.4 is 0 Å². The summed E-state index contributed by atoms with van der Waals surface area (Å²) in [7, 11) is 0. The number of nitrogens with zero attached hydrogens (tertiary/aromatic N) is 3. The standard InChI is InChI=1S/C15H13N3O/c1-2-12-13-7-11(8-16)3-4-14(13)19-15(12)9-18-6-5-17-10-18/h3-7,10H,2,9H2,1H3. The molecule has 0 fully saturated rings. The van der Waals surface area contributed by atoms with Gasteiger partial charge in [-0.2, -0.15) is 5.26 Å². The second-order valence-electron chi connectivity index (χ2n) is 4.42. The summed E-state index contributed by atoms with van der Waals surface area (Å²) in [6, 6.07) is 7.72. The van der Waals surface area contributed by atoms with E-state index in [0.717, 1.165) is 23.2 Å². The van der Waals surface area contributed by atoms with Gasteiger partial charge >= 0.3 is 0 Å². The Morgan fingerprint density at radius 3 is 3.00 bits per heavy atom. The van der Waals surface area contributed by atoms with Gasteiger partial charge in [-0.15, -0.1) is 0 Å². The number of hydrogen-bond acceptors (Lipinski definition) is 3. The molecule has 4 nitrogen and oxygen atoms in total. The Kier molecular flexibility index (Phi) is 2.81. The van der Waals surface area contributed by atoms with Crippen LogP contribution in [0.2, 0.25) is 0 Å². The third-order valence-corrected chi connectivity index (χ3v) is 3.24. The molecular formula is C15H13N3O. The van der Waals surface area contributed by atoms with E-state index in [1.165, 1.54) is 5.56 Å². The Labute approximate surface area is 110 Å². The lowest BCUT2D eigenvalue weighted by Gasteiger charge is -2.01. The molecule has 0 N–H and O–H groups in total. The second kappa shape index (κ2) is 4.62. The first kappa shape index (κ1) is 11.5. The quantitative estimate of drug-likeness (QED) is 0.718. The van der Waals surface area contributed by atoms with E-state index in [1.54, 1.807) is 18.6 Å². The first-order valence-electron chi connectivity index (χ1n) is 6.22. The van der Waals surface area contributed by atoms with Crippen LogP contribution in [0.1, 0.15) is 23.8 Å². The lowest BCUT2D eigenvalue weighted by molar-refractivity contribution is 0.522. The van der Waals surface area contributed by atoms with Crippen LogP contribution in [0.15, 0.2) is 41.3 Å². The molecule has 2 heterocycles. The zero-order chi connectivity index (χ0) is 13.2. The van der Waals surface area contributed by atoms with Gasteiger partial charge in [0, 0.05) is 23.3 Å². The molecule has 0 spiro atoms. The highest BCUT2D eigenvalue weighted by atomic mass is 16.3. The van der Waals surface area contributed by atoms with E-state index in [4.69, 9.17) is 9.68 Å². The number of benzene rings is 1. The zero-order valence-electron chi connectivity index (χ0n) is 10.6. The largest absolute Gasteiger partial charge is 0.459 e. The number of nitriles is 1. The normalized spacial score (nSPS) is 10.7. The maximum Gasteiger partial charge on any atom is 0.134 e. The van der Waals surface area contributed by atoms with Crippen molar-refractivity contribution in [1.82, 2.24) is 9.55 Å². The third kappa shape index (κ3) is 2.00. The van der Waals surface area contributed by atoms with Crippen LogP contribution in [0.25, 0.3) is 11.0 Å². The summed E-state index contributed by atoms with van der Waals surface area (Å²) < 4.78 is 7.88. The second-order valence-corrected chi connectivity index (χ2v) is 4.42.